The zero-order valence-electron chi connectivity index (χ0n) is 7.17. The topological polar surface area (TPSA) is 71.2 Å². The quantitative estimate of drug-likeness (QED) is 0.501. The molecule has 0 unspecified atom stereocenters. The summed E-state index contributed by atoms with van der Waals surface area (Å²) in [6.07, 6.45) is 5.58. The van der Waals surface area contributed by atoms with Gasteiger partial charge in [0.25, 0.3) is 0 Å². The Labute approximate surface area is 75.9 Å². The fourth-order valence-corrected chi connectivity index (χ4v) is 0.981. The summed E-state index contributed by atoms with van der Waals surface area (Å²) in [6.45, 7) is 0. The Kier molecular flexibility index (Phi) is 3.39. The average molecular weight is 180 g/mol. The smallest absolute Gasteiger partial charge is 0.481 e. The Balaban J connectivity index is 2.92. The number of allylic oxidation sites excluding steroid dienone is 2. The summed E-state index contributed by atoms with van der Waals surface area (Å²) in [4.78, 5) is 14.0. The molecule has 68 valence electrons. The highest BCUT2D eigenvalue weighted by Gasteiger charge is 2.25. The van der Waals surface area contributed by atoms with Crippen molar-refractivity contribution in [2.45, 2.75) is 6.42 Å². The van der Waals surface area contributed by atoms with E-state index >= 15 is 0 Å². The van der Waals surface area contributed by atoms with E-state index in [1.54, 1.807) is 18.4 Å². The molecule has 0 aliphatic carbocycles. The van der Waals surface area contributed by atoms with Gasteiger partial charge in [-0.15, -0.1) is 0 Å². The van der Waals surface area contributed by atoms with E-state index in [9.17, 15) is 9.93 Å². The Hall–Kier alpha value is -1.43. The van der Waals surface area contributed by atoms with Crippen LogP contribution in [-0.2, 0) is 4.74 Å². The average Bonchev–Trinajstić information content (AvgIpc) is 2.41. The minimum absolute atomic E-state index is 0.223. The molecule has 0 spiro atoms. The lowest BCUT2D eigenvalue weighted by atomic mass is 9.74. The van der Waals surface area contributed by atoms with Gasteiger partial charge in [0.05, 0.1) is 7.11 Å². The Morgan fingerprint density at radius 1 is 1.77 bits per heavy atom. The molecule has 1 aliphatic heterocycles. The zero-order chi connectivity index (χ0) is 9.68. The first-order chi connectivity index (χ1) is 6.29. The van der Waals surface area contributed by atoms with Crippen LogP contribution in [0.3, 0.4) is 0 Å². The van der Waals surface area contributed by atoms with Gasteiger partial charge in [-0.2, -0.15) is 4.91 Å². The zero-order valence-corrected chi connectivity index (χ0v) is 7.17. The second-order valence-electron chi connectivity index (χ2n) is 2.40. The van der Waals surface area contributed by atoms with Crippen molar-refractivity contribution >= 4 is 12.9 Å². The molecule has 0 atom stereocenters. The molecule has 0 fully saturated rings. The van der Waals surface area contributed by atoms with Crippen molar-refractivity contribution in [3.05, 3.63) is 28.7 Å². The summed E-state index contributed by atoms with van der Waals surface area (Å²) >= 11 is 0. The second-order valence-corrected chi connectivity index (χ2v) is 2.40. The molecule has 6 heteroatoms. The van der Waals surface area contributed by atoms with E-state index in [0.29, 0.717) is 11.9 Å². The van der Waals surface area contributed by atoms with E-state index < -0.39 is 7.05 Å². The number of ether oxygens (including phenoxy) is 1. The van der Waals surface area contributed by atoms with Crippen LogP contribution in [0, 0.1) is 4.91 Å². The van der Waals surface area contributed by atoms with Gasteiger partial charge in [-0.25, -0.2) is 4.99 Å². The van der Waals surface area contributed by atoms with Crippen LogP contribution < -0.4 is 0 Å². The monoisotopic (exact) mass is 180 g/mol. The van der Waals surface area contributed by atoms with Crippen LogP contribution in [0.2, 0.25) is 0 Å². The van der Waals surface area contributed by atoms with Crippen molar-refractivity contribution < 1.29 is 9.76 Å². The molecule has 1 N–H and O–H groups in total. The number of aliphatic imine (C=N–C) groups is 1. The third kappa shape index (κ3) is 2.25. The maximum Gasteiger partial charge on any atom is 0.522 e. The molecule has 0 aromatic carbocycles. The number of rotatable bonds is 2. The molecule has 0 bridgehead atoms. The normalized spacial score (nSPS) is 15.5. The van der Waals surface area contributed by atoms with Gasteiger partial charge < -0.3 is 9.76 Å². The number of methoxy groups -OCH3 is 1. The third-order valence-corrected chi connectivity index (χ3v) is 1.59. The van der Waals surface area contributed by atoms with Crippen molar-refractivity contribution in [3.63, 3.8) is 0 Å². The highest BCUT2D eigenvalue weighted by Crippen LogP contribution is 2.09. The molecule has 1 heterocycles. The number of hydrogen-bond acceptors (Lipinski definition) is 5. The summed E-state index contributed by atoms with van der Waals surface area (Å²) in [5, 5.41) is 11.7. The highest BCUT2D eigenvalue weighted by molar-refractivity contribution is 6.63. The van der Waals surface area contributed by atoms with Gasteiger partial charge in [-0.3, -0.25) is 0 Å². The van der Waals surface area contributed by atoms with E-state index in [2.05, 4.69) is 10.1 Å². The van der Waals surface area contributed by atoms with Crippen LogP contribution in [0.4, 0.5) is 0 Å². The van der Waals surface area contributed by atoms with Crippen molar-refractivity contribution in [2.75, 3.05) is 7.11 Å². The Morgan fingerprint density at radius 3 is 3.15 bits per heavy atom. The number of hydrogen-bond donors (Lipinski definition) is 1. The fourth-order valence-electron chi connectivity index (χ4n) is 0.981. The molecule has 1 aliphatic rings. The third-order valence-electron chi connectivity index (χ3n) is 1.59. The van der Waals surface area contributed by atoms with E-state index in [4.69, 9.17) is 4.74 Å². The second kappa shape index (κ2) is 4.56. The predicted molar refractivity (Wildman–Crippen MR) is 50.1 cm³/mol. The fraction of sp³-hybridized carbons (Fsp3) is 0.286. The van der Waals surface area contributed by atoms with Crippen LogP contribution >= 0.6 is 0 Å². The van der Waals surface area contributed by atoms with E-state index in [-0.39, 0.29) is 5.90 Å². The molecule has 0 amide bonds. The molecule has 5 nitrogen and oxygen atoms in total. The Morgan fingerprint density at radius 2 is 2.54 bits per heavy atom. The number of nitrogens with zero attached hydrogens (tertiary/aromatic N) is 2. The van der Waals surface area contributed by atoms with Crippen molar-refractivity contribution in [2.24, 2.45) is 10.1 Å². The van der Waals surface area contributed by atoms with Crippen molar-refractivity contribution in [3.8, 4) is 0 Å². The largest absolute Gasteiger partial charge is 0.522 e. The van der Waals surface area contributed by atoms with Gasteiger partial charge in [-0.1, -0.05) is 17.2 Å². The maximum atomic E-state index is 10.1. The van der Waals surface area contributed by atoms with Gasteiger partial charge >= 0.3 is 7.05 Å². The lowest BCUT2D eigenvalue weighted by Crippen LogP contribution is -2.21. The molecule has 0 aromatic heterocycles. The van der Waals surface area contributed by atoms with Crippen LogP contribution in [0.5, 0.6) is 0 Å². The molecule has 0 aromatic rings. The first kappa shape index (κ1) is 9.66. The van der Waals surface area contributed by atoms with Gasteiger partial charge in [0.1, 0.15) is 0 Å². The van der Waals surface area contributed by atoms with E-state index in [1.165, 1.54) is 7.11 Å². The summed E-state index contributed by atoms with van der Waals surface area (Å²) < 4.78 is 4.88. The number of nitroso groups, excluding NO2 is 1. The van der Waals surface area contributed by atoms with Crippen molar-refractivity contribution in [1.29, 1.82) is 0 Å². The SMILES string of the molecule is COC1=NC=CCC=C1B(O)N=O. The lowest BCUT2D eigenvalue weighted by Gasteiger charge is -2.05. The molecular formula is C7H9BN2O3. The van der Waals surface area contributed by atoms with E-state index in [0.717, 1.165) is 0 Å². The Bertz CT molecular complexity index is 285. The molecular weight excluding hydrogens is 171 g/mol. The molecule has 0 radical (unpaired) electrons. The summed E-state index contributed by atoms with van der Waals surface area (Å²) in [6, 6.07) is 0. The van der Waals surface area contributed by atoms with Crippen LogP contribution in [-0.4, -0.2) is 25.1 Å². The van der Waals surface area contributed by atoms with Crippen LogP contribution in [0.1, 0.15) is 6.42 Å². The molecule has 0 saturated heterocycles. The standard InChI is InChI=1S/C7H9BN2O3/c1-13-7-6(8(11)10-12)4-2-3-5-9-7/h3-5,11H,2H2,1H3. The molecule has 13 heavy (non-hydrogen) atoms. The summed E-state index contributed by atoms with van der Waals surface area (Å²) in [5.74, 6) is 0.223. The first-order valence-electron chi connectivity index (χ1n) is 3.77. The van der Waals surface area contributed by atoms with Crippen LogP contribution in [0.15, 0.2) is 33.9 Å². The minimum Gasteiger partial charge on any atom is -0.481 e. The van der Waals surface area contributed by atoms with Gasteiger partial charge in [0, 0.05) is 11.7 Å². The van der Waals surface area contributed by atoms with Crippen LogP contribution in [0.25, 0.3) is 0 Å². The lowest BCUT2D eigenvalue weighted by molar-refractivity contribution is 0.404. The molecule has 1 rings (SSSR count). The van der Waals surface area contributed by atoms with E-state index in [1.807, 2.05) is 0 Å². The minimum atomic E-state index is -1.40. The maximum absolute atomic E-state index is 10.1. The van der Waals surface area contributed by atoms with Crippen molar-refractivity contribution in [1.82, 2.24) is 0 Å². The van der Waals surface area contributed by atoms with Gasteiger partial charge in [-0.05, 0) is 6.42 Å². The summed E-state index contributed by atoms with van der Waals surface area (Å²) in [5.41, 5.74) is 0.308. The highest BCUT2D eigenvalue weighted by atomic mass is 16.5. The van der Waals surface area contributed by atoms with Gasteiger partial charge in [0.15, 0.2) is 0 Å². The predicted octanol–water partition coefficient (Wildman–Crippen LogP) is 0.661. The first-order valence-corrected chi connectivity index (χ1v) is 3.77. The molecule has 0 saturated carbocycles. The summed E-state index contributed by atoms with van der Waals surface area (Å²) in [7, 11) is 0.0159. The van der Waals surface area contributed by atoms with Gasteiger partial charge in [0.2, 0.25) is 5.90 Å².